The van der Waals surface area contributed by atoms with Gasteiger partial charge in [-0.15, -0.1) is 0 Å². The molecular weight excluding hydrogens is 250 g/mol. The van der Waals surface area contributed by atoms with Crippen LogP contribution in [0.25, 0.3) is 10.9 Å². The van der Waals surface area contributed by atoms with Crippen molar-refractivity contribution in [3.63, 3.8) is 0 Å². The smallest absolute Gasteiger partial charge is 0.0998 e. The highest BCUT2D eigenvalue weighted by atomic mass is 16.5. The highest BCUT2D eigenvalue weighted by Crippen LogP contribution is 2.21. The predicted molar refractivity (Wildman–Crippen MR) is 78.5 cm³/mol. The van der Waals surface area contributed by atoms with Crippen LogP contribution in [0, 0.1) is 11.3 Å². The highest BCUT2D eigenvalue weighted by Gasteiger charge is 2.20. The minimum Gasteiger partial charge on any atom is -0.374 e. The zero-order chi connectivity index (χ0) is 13.9. The maximum Gasteiger partial charge on any atom is 0.0998 e. The summed E-state index contributed by atoms with van der Waals surface area (Å²) in [6.45, 7) is 6.92. The van der Waals surface area contributed by atoms with Gasteiger partial charge in [0.1, 0.15) is 0 Å². The Hall–Kier alpha value is -1.83. The number of benzene rings is 1. The maximum atomic E-state index is 9.14. The summed E-state index contributed by atoms with van der Waals surface area (Å²) in [4.78, 5) is 2.42. The van der Waals surface area contributed by atoms with Gasteiger partial charge >= 0.3 is 0 Å². The molecule has 1 aromatic heterocycles. The first kappa shape index (κ1) is 13.2. The third kappa shape index (κ3) is 2.43. The standard InChI is InChI=1S/C16H19N3O/c1-2-18-8-9-20-14(11-18)12-19-7-6-15-13(10-17)4-3-5-16(15)19/h3-7,14H,2,8-9,11-12H2,1H3. The first-order valence-corrected chi connectivity index (χ1v) is 7.13. The third-order valence-electron chi connectivity index (χ3n) is 4.00. The molecule has 0 radical (unpaired) electrons. The molecule has 4 heteroatoms. The first-order valence-electron chi connectivity index (χ1n) is 7.13. The van der Waals surface area contributed by atoms with Crippen LogP contribution < -0.4 is 0 Å². The molecule has 1 atom stereocenters. The van der Waals surface area contributed by atoms with Gasteiger partial charge in [-0.3, -0.25) is 4.90 Å². The topological polar surface area (TPSA) is 41.2 Å². The molecule has 20 heavy (non-hydrogen) atoms. The number of nitriles is 1. The van der Waals surface area contributed by atoms with Crippen LogP contribution in [0.1, 0.15) is 12.5 Å². The molecule has 3 rings (SSSR count). The second-order valence-corrected chi connectivity index (χ2v) is 5.20. The van der Waals surface area contributed by atoms with Crippen molar-refractivity contribution in [3.05, 3.63) is 36.0 Å². The molecule has 1 saturated heterocycles. The van der Waals surface area contributed by atoms with Gasteiger partial charge in [-0.2, -0.15) is 5.26 Å². The lowest BCUT2D eigenvalue weighted by atomic mass is 10.1. The number of likely N-dealkylation sites (N-methyl/N-ethyl adjacent to an activating group) is 1. The highest BCUT2D eigenvalue weighted by molar-refractivity contribution is 5.85. The van der Waals surface area contributed by atoms with Gasteiger partial charge in [0.05, 0.1) is 30.9 Å². The van der Waals surface area contributed by atoms with Crippen molar-refractivity contribution in [3.8, 4) is 6.07 Å². The fourth-order valence-electron chi connectivity index (χ4n) is 2.88. The second-order valence-electron chi connectivity index (χ2n) is 5.20. The average molecular weight is 269 g/mol. The molecule has 0 amide bonds. The minimum absolute atomic E-state index is 0.227. The number of fused-ring (bicyclic) bond motifs is 1. The van der Waals surface area contributed by atoms with Crippen LogP contribution >= 0.6 is 0 Å². The number of ether oxygens (including phenoxy) is 1. The van der Waals surface area contributed by atoms with E-state index in [1.807, 2.05) is 18.2 Å². The summed E-state index contributed by atoms with van der Waals surface area (Å²) in [6, 6.07) is 10.1. The van der Waals surface area contributed by atoms with E-state index in [2.05, 4.69) is 34.7 Å². The Kier molecular flexibility index (Phi) is 3.72. The van der Waals surface area contributed by atoms with Crippen molar-refractivity contribution < 1.29 is 4.74 Å². The zero-order valence-corrected chi connectivity index (χ0v) is 11.7. The van der Waals surface area contributed by atoms with E-state index in [1.54, 1.807) is 0 Å². The van der Waals surface area contributed by atoms with Crippen LogP contribution in [0.4, 0.5) is 0 Å². The molecule has 0 saturated carbocycles. The summed E-state index contributed by atoms with van der Waals surface area (Å²) in [6.07, 6.45) is 2.28. The van der Waals surface area contributed by atoms with E-state index < -0.39 is 0 Å². The lowest BCUT2D eigenvalue weighted by molar-refractivity contribution is -0.0337. The Labute approximate surface area is 119 Å². The zero-order valence-electron chi connectivity index (χ0n) is 11.7. The number of rotatable bonds is 3. The molecule has 1 unspecified atom stereocenters. The van der Waals surface area contributed by atoms with Crippen molar-refractivity contribution >= 4 is 10.9 Å². The van der Waals surface area contributed by atoms with Crippen LogP contribution in [-0.4, -0.2) is 41.8 Å². The summed E-state index contributed by atoms with van der Waals surface area (Å²) in [5.74, 6) is 0. The Balaban J connectivity index is 1.83. The maximum absolute atomic E-state index is 9.14. The fourth-order valence-corrected chi connectivity index (χ4v) is 2.88. The van der Waals surface area contributed by atoms with E-state index in [0.29, 0.717) is 0 Å². The van der Waals surface area contributed by atoms with Gasteiger partial charge in [0.25, 0.3) is 0 Å². The molecule has 0 N–H and O–H groups in total. The number of aromatic nitrogens is 1. The van der Waals surface area contributed by atoms with E-state index in [1.165, 1.54) is 0 Å². The van der Waals surface area contributed by atoms with Gasteiger partial charge in [0, 0.05) is 30.2 Å². The monoisotopic (exact) mass is 269 g/mol. The Bertz CT molecular complexity index is 641. The van der Waals surface area contributed by atoms with Crippen molar-refractivity contribution in [2.75, 3.05) is 26.2 Å². The second kappa shape index (κ2) is 5.66. The summed E-state index contributed by atoms with van der Waals surface area (Å²) >= 11 is 0. The number of nitrogens with zero attached hydrogens (tertiary/aromatic N) is 3. The summed E-state index contributed by atoms with van der Waals surface area (Å²) < 4.78 is 8.06. The lowest BCUT2D eigenvalue weighted by Gasteiger charge is -2.32. The van der Waals surface area contributed by atoms with E-state index in [-0.39, 0.29) is 6.10 Å². The van der Waals surface area contributed by atoms with E-state index in [9.17, 15) is 0 Å². The predicted octanol–water partition coefficient (Wildman–Crippen LogP) is 2.23. The van der Waals surface area contributed by atoms with Crippen LogP contribution in [0.15, 0.2) is 30.5 Å². The summed E-state index contributed by atoms with van der Waals surface area (Å²) in [5.41, 5.74) is 1.85. The normalized spacial score (nSPS) is 20.1. The van der Waals surface area contributed by atoms with Gasteiger partial charge in [-0.25, -0.2) is 0 Å². The van der Waals surface area contributed by atoms with Crippen LogP contribution in [0.2, 0.25) is 0 Å². The molecule has 2 aromatic rings. The molecule has 0 aliphatic carbocycles. The van der Waals surface area contributed by atoms with E-state index in [4.69, 9.17) is 10.00 Å². The molecule has 0 bridgehead atoms. The van der Waals surface area contributed by atoms with Gasteiger partial charge in [0.2, 0.25) is 0 Å². The molecular formula is C16H19N3O. The Morgan fingerprint density at radius 1 is 1.40 bits per heavy atom. The number of morpholine rings is 1. The molecule has 1 fully saturated rings. The average Bonchev–Trinajstić information content (AvgIpc) is 2.90. The van der Waals surface area contributed by atoms with Crippen LogP contribution in [0.3, 0.4) is 0 Å². The van der Waals surface area contributed by atoms with Gasteiger partial charge in [-0.05, 0) is 24.7 Å². The van der Waals surface area contributed by atoms with Crippen molar-refractivity contribution in [2.24, 2.45) is 0 Å². The molecule has 104 valence electrons. The molecule has 4 nitrogen and oxygen atoms in total. The molecule has 0 spiro atoms. The van der Waals surface area contributed by atoms with Gasteiger partial charge in [-0.1, -0.05) is 13.0 Å². The van der Waals surface area contributed by atoms with Crippen molar-refractivity contribution in [1.29, 1.82) is 5.26 Å². The molecule has 2 heterocycles. The minimum atomic E-state index is 0.227. The summed E-state index contributed by atoms with van der Waals surface area (Å²) in [7, 11) is 0. The van der Waals surface area contributed by atoms with E-state index >= 15 is 0 Å². The Morgan fingerprint density at radius 2 is 2.30 bits per heavy atom. The van der Waals surface area contributed by atoms with Crippen LogP contribution in [-0.2, 0) is 11.3 Å². The third-order valence-corrected chi connectivity index (χ3v) is 4.00. The van der Waals surface area contributed by atoms with Crippen molar-refractivity contribution in [1.82, 2.24) is 9.47 Å². The summed E-state index contributed by atoms with van der Waals surface area (Å²) in [5, 5.41) is 10.2. The SMILES string of the molecule is CCN1CCOC(Cn2ccc3c(C#N)cccc32)C1. The van der Waals surface area contributed by atoms with Crippen molar-refractivity contribution in [2.45, 2.75) is 19.6 Å². The van der Waals surface area contributed by atoms with Crippen LogP contribution in [0.5, 0.6) is 0 Å². The Morgan fingerprint density at radius 3 is 3.10 bits per heavy atom. The number of hydrogen-bond donors (Lipinski definition) is 0. The largest absolute Gasteiger partial charge is 0.374 e. The van der Waals surface area contributed by atoms with E-state index in [0.717, 1.165) is 49.3 Å². The molecule has 1 aliphatic rings. The fraction of sp³-hybridized carbons (Fsp3) is 0.438. The lowest BCUT2D eigenvalue weighted by Crippen LogP contribution is -2.43. The first-order chi connectivity index (χ1) is 9.81. The van der Waals surface area contributed by atoms with Gasteiger partial charge < -0.3 is 9.30 Å². The molecule has 1 aromatic carbocycles. The number of hydrogen-bond acceptors (Lipinski definition) is 3. The molecule has 1 aliphatic heterocycles. The quantitative estimate of drug-likeness (QED) is 0.858. The van der Waals surface area contributed by atoms with Gasteiger partial charge in [0.15, 0.2) is 0 Å².